The van der Waals surface area contributed by atoms with Gasteiger partial charge in [0.1, 0.15) is 0 Å². The number of ether oxygens (including phenoxy) is 1. The lowest BCUT2D eigenvalue weighted by molar-refractivity contribution is -0.114. The van der Waals surface area contributed by atoms with Crippen LogP contribution in [0.5, 0.6) is 5.75 Å². The van der Waals surface area contributed by atoms with Crippen molar-refractivity contribution in [3.8, 4) is 16.9 Å². The summed E-state index contributed by atoms with van der Waals surface area (Å²) in [6, 6.07) is 6.78. The number of thiazole rings is 1. The smallest absolute Gasteiger partial charge is 0.387 e. The average molecular weight is 370 g/mol. The molecule has 0 bridgehead atoms. The highest BCUT2D eigenvalue weighted by Crippen LogP contribution is 2.33. The minimum Gasteiger partial charge on any atom is -0.432 e. The van der Waals surface area contributed by atoms with Gasteiger partial charge in [-0.25, -0.2) is 9.97 Å². The molecule has 1 amide bonds. The molecular formula is C15H10ClF2N3O2S. The monoisotopic (exact) mass is 369 g/mol. The van der Waals surface area contributed by atoms with Crippen molar-refractivity contribution in [1.82, 2.24) is 9.97 Å². The minimum absolute atomic E-state index is 0.133. The third kappa shape index (κ3) is 3.60. The molecule has 0 spiro atoms. The number of benzene rings is 1. The van der Waals surface area contributed by atoms with Crippen molar-refractivity contribution in [3.63, 3.8) is 0 Å². The maximum Gasteiger partial charge on any atom is 0.387 e. The van der Waals surface area contributed by atoms with Gasteiger partial charge in [-0.3, -0.25) is 4.79 Å². The number of halogens is 3. The Morgan fingerprint density at radius 3 is 2.83 bits per heavy atom. The predicted octanol–water partition coefficient (Wildman–Crippen LogP) is 4.57. The summed E-state index contributed by atoms with van der Waals surface area (Å²) in [5, 5.41) is 2.98. The van der Waals surface area contributed by atoms with Crippen molar-refractivity contribution in [1.29, 1.82) is 0 Å². The fourth-order valence-corrected chi connectivity index (χ4v) is 3.17. The van der Waals surface area contributed by atoms with Crippen molar-refractivity contribution in [2.45, 2.75) is 13.5 Å². The molecule has 2 aromatic heterocycles. The average Bonchev–Trinajstić information content (AvgIpc) is 2.89. The molecule has 0 saturated heterocycles. The number of hydrogen-bond acceptors (Lipinski definition) is 5. The molecule has 0 saturated carbocycles. The van der Waals surface area contributed by atoms with E-state index in [1.54, 1.807) is 12.1 Å². The Balaban J connectivity index is 1.98. The van der Waals surface area contributed by atoms with E-state index in [4.69, 9.17) is 11.6 Å². The minimum atomic E-state index is -2.98. The number of aromatic nitrogens is 2. The van der Waals surface area contributed by atoms with Crippen molar-refractivity contribution in [2.24, 2.45) is 0 Å². The highest BCUT2D eigenvalue weighted by Gasteiger charge is 2.12. The molecule has 5 nitrogen and oxygen atoms in total. The third-order valence-electron chi connectivity index (χ3n) is 3.03. The number of nitrogens with one attached hydrogen (secondary N) is 1. The molecule has 9 heteroatoms. The summed E-state index contributed by atoms with van der Waals surface area (Å²) in [5.41, 5.74) is 2.04. The Morgan fingerprint density at radius 2 is 2.12 bits per heavy atom. The molecule has 1 aromatic carbocycles. The van der Waals surface area contributed by atoms with Crippen LogP contribution in [0.15, 0.2) is 30.5 Å². The molecule has 0 unspecified atom stereocenters. The van der Waals surface area contributed by atoms with E-state index in [9.17, 15) is 13.6 Å². The standard InChI is InChI=1S/C15H10ClF2N3O2S/c1-7(22)20-15-21-10-3-2-8(5-12(10)24-15)9-4-11(23-14(17)18)13(16)19-6-9/h2-6,14H,1H3,(H,20,21,22). The van der Waals surface area contributed by atoms with Gasteiger partial charge in [0.2, 0.25) is 5.91 Å². The van der Waals surface area contributed by atoms with Crippen LogP contribution in [-0.4, -0.2) is 22.5 Å². The van der Waals surface area contributed by atoms with E-state index >= 15 is 0 Å². The molecule has 0 aliphatic heterocycles. The summed E-state index contributed by atoms with van der Waals surface area (Å²) in [7, 11) is 0. The van der Waals surface area contributed by atoms with Gasteiger partial charge in [-0.05, 0) is 23.8 Å². The Morgan fingerprint density at radius 1 is 1.33 bits per heavy atom. The second kappa shape index (κ2) is 6.66. The van der Waals surface area contributed by atoms with Crippen LogP contribution < -0.4 is 10.1 Å². The zero-order valence-electron chi connectivity index (χ0n) is 12.2. The van der Waals surface area contributed by atoms with E-state index < -0.39 is 6.61 Å². The lowest BCUT2D eigenvalue weighted by Crippen LogP contribution is -2.04. The molecule has 0 radical (unpaired) electrons. The van der Waals surface area contributed by atoms with E-state index in [1.807, 2.05) is 6.07 Å². The molecule has 3 aromatic rings. The van der Waals surface area contributed by atoms with Gasteiger partial charge in [-0.1, -0.05) is 29.0 Å². The van der Waals surface area contributed by atoms with Crippen molar-refractivity contribution >= 4 is 44.2 Å². The number of pyridine rings is 1. The zero-order chi connectivity index (χ0) is 17.3. The van der Waals surface area contributed by atoms with Crippen LogP contribution in [0.1, 0.15) is 6.92 Å². The van der Waals surface area contributed by atoms with Gasteiger partial charge >= 0.3 is 6.61 Å². The van der Waals surface area contributed by atoms with Gasteiger partial charge in [0.15, 0.2) is 16.0 Å². The summed E-state index contributed by atoms with van der Waals surface area (Å²) < 4.78 is 30.0. The van der Waals surface area contributed by atoms with Gasteiger partial charge < -0.3 is 10.1 Å². The number of fused-ring (bicyclic) bond motifs is 1. The molecule has 124 valence electrons. The first-order chi connectivity index (χ1) is 11.4. The van der Waals surface area contributed by atoms with E-state index in [2.05, 4.69) is 20.0 Å². The van der Waals surface area contributed by atoms with Gasteiger partial charge in [0, 0.05) is 18.7 Å². The summed E-state index contributed by atoms with van der Waals surface area (Å²) in [4.78, 5) is 19.3. The summed E-state index contributed by atoms with van der Waals surface area (Å²) in [5.74, 6) is -0.391. The highest BCUT2D eigenvalue weighted by atomic mass is 35.5. The van der Waals surface area contributed by atoms with Crippen LogP contribution in [0.3, 0.4) is 0 Å². The molecule has 0 atom stereocenters. The molecule has 3 rings (SSSR count). The molecule has 24 heavy (non-hydrogen) atoms. The van der Waals surface area contributed by atoms with E-state index in [0.717, 1.165) is 15.8 Å². The number of nitrogens with zero attached hydrogens (tertiary/aromatic N) is 2. The van der Waals surface area contributed by atoms with Crippen molar-refractivity contribution in [2.75, 3.05) is 5.32 Å². The van der Waals surface area contributed by atoms with E-state index in [0.29, 0.717) is 10.7 Å². The maximum atomic E-state index is 12.4. The van der Waals surface area contributed by atoms with Gasteiger partial charge in [-0.15, -0.1) is 0 Å². The Kier molecular flexibility index (Phi) is 4.59. The molecule has 1 N–H and O–H groups in total. The fraction of sp³-hybridized carbons (Fsp3) is 0.133. The molecule has 0 aliphatic rings. The van der Waals surface area contributed by atoms with Crippen molar-refractivity contribution < 1.29 is 18.3 Å². The van der Waals surface area contributed by atoms with Crippen molar-refractivity contribution in [3.05, 3.63) is 35.6 Å². The lowest BCUT2D eigenvalue weighted by Gasteiger charge is -2.08. The van der Waals surface area contributed by atoms with Gasteiger partial charge in [0.05, 0.1) is 10.2 Å². The molecular weight excluding hydrogens is 360 g/mol. The Hall–Kier alpha value is -2.32. The first kappa shape index (κ1) is 16.5. The van der Waals surface area contributed by atoms with Gasteiger partial charge in [0.25, 0.3) is 0 Å². The van der Waals surface area contributed by atoms with Crippen LogP contribution in [0.25, 0.3) is 21.3 Å². The number of alkyl halides is 2. The van der Waals surface area contributed by atoms with Crippen LogP contribution in [0.2, 0.25) is 5.15 Å². The molecule has 0 fully saturated rings. The van der Waals surface area contributed by atoms with Gasteiger partial charge in [-0.2, -0.15) is 8.78 Å². The third-order valence-corrected chi connectivity index (χ3v) is 4.25. The summed E-state index contributed by atoms with van der Waals surface area (Å²) >= 11 is 7.07. The molecule has 2 heterocycles. The van der Waals surface area contributed by atoms with Crippen LogP contribution in [-0.2, 0) is 4.79 Å². The molecule has 0 aliphatic carbocycles. The lowest BCUT2D eigenvalue weighted by atomic mass is 10.1. The number of carbonyl (C=O) groups excluding carboxylic acids is 1. The summed E-state index contributed by atoms with van der Waals surface area (Å²) in [6.45, 7) is -1.58. The van der Waals surface area contributed by atoms with Crippen LogP contribution >= 0.6 is 22.9 Å². The highest BCUT2D eigenvalue weighted by molar-refractivity contribution is 7.22. The van der Waals surface area contributed by atoms with Crippen LogP contribution in [0.4, 0.5) is 13.9 Å². The largest absolute Gasteiger partial charge is 0.432 e. The fourth-order valence-electron chi connectivity index (χ4n) is 2.07. The number of anilines is 1. The Labute approximate surface area is 144 Å². The topological polar surface area (TPSA) is 64.1 Å². The Bertz CT molecular complexity index is 917. The first-order valence-electron chi connectivity index (χ1n) is 6.71. The normalized spacial score (nSPS) is 11.0. The van der Waals surface area contributed by atoms with Crippen LogP contribution in [0, 0.1) is 0 Å². The predicted molar refractivity (Wildman–Crippen MR) is 88.8 cm³/mol. The number of amides is 1. The van der Waals surface area contributed by atoms with E-state index in [-0.39, 0.29) is 16.8 Å². The van der Waals surface area contributed by atoms with E-state index in [1.165, 1.54) is 30.5 Å². The second-order valence-electron chi connectivity index (χ2n) is 4.77. The number of hydrogen-bond donors (Lipinski definition) is 1. The maximum absolute atomic E-state index is 12.4. The SMILES string of the molecule is CC(=O)Nc1nc2ccc(-c3cnc(Cl)c(OC(F)F)c3)cc2s1. The zero-order valence-corrected chi connectivity index (χ0v) is 13.8. The summed E-state index contributed by atoms with van der Waals surface area (Å²) in [6.07, 6.45) is 1.47. The second-order valence-corrected chi connectivity index (χ2v) is 6.16. The number of carbonyl (C=O) groups is 1. The first-order valence-corrected chi connectivity index (χ1v) is 7.91. The number of rotatable bonds is 4. The quantitative estimate of drug-likeness (QED) is 0.684.